The molecule has 0 N–H and O–H groups in total. The molecule has 320 valence electrons. The lowest BCUT2D eigenvalue weighted by atomic mass is 9.46. The van der Waals surface area contributed by atoms with E-state index in [4.69, 9.17) is 4.42 Å². The molecule has 0 bridgehead atoms. The third-order valence-corrected chi connectivity index (χ3v) is 17.4. The van der Waals surface area contributed by atoms with Gasteiger partial charge in [0.25, 0.3) is 0 Å². The van der Waals surface area contributed by atoms with Crippen LogP contribution >= 0.6 is 11.3 Å². The van der Waals surface area contributed by atoms with E-state index >= 15 is 0 Å². The van der Waals surface area contributed by atoms with E-state index in [2.05, 4.69) is 206 Å². The zero-order chi connectivity index (χ0) is 44.7. The molecule has 4 aliphatic rings. The number of nitrogens with zero attached hydrogens (tertiary/aromatic N) is 2. The molecule has 2 aliphatic heterocycles. The summed E-state index contributed by atoms with van der Waals surface area (Å²) in [6.07, 6.45) is 2.35. The van der Waals surface area contributed by atoms with Crippen molar-refractivity contribution in [2.24, 2.45) is 0 Å². The Morgan fingerprint density at radius 2 is 1.28 bits per heavy atom. The summed E-state index contributed by atoms with van der Waals surface area (Å²) in [6.45, 7) is 23.8. The number of hydrogen-bond acceptors (Lipinski definition) is 4. The molecule has 4 heterocycles. The van der Waals surface area contributed by atoms with E-state index < -0.39 is 0 Å². The molecular weight excluding hydrogens is 808 g/mol. The zero-order valence-electron chi connectivity index (χ0n) is 39.3. The second-order valence-electron chi connectivity index (χ2n) is 22.4. The number of furan rings is 1. The standard InChI is InChI=1S/C60H55BN2OS/c1-34-31-43-44(59(7,8)30-29-58(43,5)6)33-46(34)62-47-32-40-37-17-12-15-21-48(37)64-55(40)52-51-45(28-27-42-50(51)38-18-11-14-20-41(38)60(42,9)10)63(36-25-23-35(24-26-36)57(2,3)4)61(53(47)52)56-54(62)39-19-13-16-22-49(39)65-56/h11-28,31-33H,29-30H2,1-10H3. The van der Waals surface area contributed by atoms with Gasteiger partial charge in [0.15, 0.2) is 0 Å². The second kappa shape index (κ2) is 12.9. The lowest BCUT2D eigenvalue weighted by molar-refractivity contribution is 0.332. The van der Waals surface area contributed by atoms with Crippen molar-refractivity contribution in [3.8, 4) is 22.3 Å². The van der Waals surface area contributed by atoms with Crippen LogP contribution in [0.4, 0.5) is 28.4 Å². The highest BCUT2D eigenvalue weighted by Gasteiger charge is 2.51. The van der Waals surface area contributed by atoms with Crippen molar-refractivity contribution in [2.45, 2.75) is 104 Å². The predicted octanol–water partition coefficient (Wildman–Crippen LogP) is 15.8. The fourth-order valence-corrected chi connectivity index (χ4v) is 13.8. The Bertz CT molecular complexity index is 3540. The van der Waals surface area contributed by atoms with Crippen molar-refractivity contribution in [3.05, 3.63) is 161 Å². The van der Waals surface area contributed by atoms with Gasteiger partial charge in [-0.15, -0.1) is 11.3 Å². The number of fused-ring (bicyclic) bond motifs is 15. The third kappa shape index (κ3) is 5.19. The average Bonchev–Trinajstić information content (AvgIpc) is 3.93. The van der Waals surface area contributed by atoms with Gasteiger partial charge in [0, 0.05) is 64.9 Å². The minimum Gasteiger partial charge on any atom is -0.455 e. The first-order chi connectivity index (χ1) is 31.0. The van der Waals surface area contributed by atoms with Gasteiger partial charge in [-0.1, -0.05) is 147 Å². The number of aryl methyl sites for hydroxylation is 1. The van der Waals surface area contributed by atoms with Crippen LogP contribution in [0.2, 0.25) is 0 Å². The van der Waals surface area contributed by atoms with Crippen LogP contribution in [0.5, 0.6) is 0 Å². The van der Waals surface area contributed by atoms with E-state index in [1.807, 2.05) is 11.3 Å². The second-order valence-corrected chi connectivity index (χ2v) is 23.5. The normalized spacial score (nSPS) is 17.2. The number of rotatable bonds is 2. The highest BCUT2D eigenvalue weighted by atomic mass is 32.1. The van der Waals surface area contributed by atoms with Gasteiger partial charge in [-0.05, 0) is 128 Å². The Morgan fingerprint density at radius 3 is 2.03 bits per heavy atom. The molecule has 5 heteroatoms. The Morgan fingerprint density at radius 1 is 0.600 bits per heavy atom. The minimum absolute atomic E-state index is 0.0294. The summed E-state index contributed by atoms with van der Waals surface area (Å²) in [7, 11) is 0. The molecule has 0 radical (unpaired) electrons. The SMILES string of the molecule is Cc1cc2c(cc1N1c3cc4c(oc5ccccc54)c4c3B(c3sc5ccccc5c31)N(c1ccc(C(C)(C)C)cc1)c1ccc3c(c1-4)-c1ccccc1C3(C)C)C(C)(C)CCC2(C)C. The summed E-state index contributed by atoms with van der Waals surface area (Å²) in [5.41, 5.74) is 22.9. The van der Waals surface area contributed by atoms with E-state index in [0.29, 0.717) is 0 Å². The molecule has 65 heavy (non-hydrogen) atoms. The molecular formula is C60H55BN2OS. The van der Waals surface area contributed by atoms with Gasteiger partial charge < -0.3 is 14.1 Å². The fourth-order valence-electron chi connectivity index (χ4n) is 12.5. The van der Waals surface area contributed by atoms with Crippen LogP contribution in [-0.4, -0.2) is 6.85 Å². The van der Waals surface area contributed by atoms with Crippen LogP contribution in [-0.2, 0) is 21.7 Å². The molecule has 13 rings (SSSR count). The Hall–Kier alpha value is -6.04. The van der Waals surface area contributed by atoms with Crippen LogP contribution in [0.15, 0.2) is 132 Å². The first-order valence-electron chi connectivity index (χ1n) is 23.7. The summed E-state index contributed by atoms with van der Waals surface area (Å²) in [5, 5.41) is 3.61. The van der Waals surface area contributed by atoms with E-state index in [1.54, 1.807) is 0 Å². The van der Waals surface area contributed by atoms with Crippen molar-refractivity contribution < 1.29 is 4.42 Å². The lowest BCUT2D eigenvalue weighted by Gasteiger charge is -2.46. The summed E-state index contributed by atoms with van der Waals surface area (Å²) in [5.74, 6) is 0. The van der Waals surface area contributed by atoms with Crippen molar-refractivity contribution in [2.75, 3.05) is 9.71 Å². The molecule has 3 nitrogen and oxygen atoms in total. The number of hydrogen-bond donors (Lipinski definition) is 0. The van der Waals surface area contributed by atoms with Gasteiger partial charge in [0.2, 0.25) is 0 Å². The fraction of sp³-hybridized carbons (Fsp3) is 0.267. The maximum atomic E-state index is 7.28. The van der Waals surface area contributed by atoms with E-state index in [9.17, 15) is 0 Å². The molecule has 7 aromatic carbocycles. The molecule has 9 aromatic rings. The highest BCUT2D eigenvalue weighted by molar-refractivity contribution is 7.32. The zero-order valence-corrected chi connectivity index (χ0v) is 40.1. The van der Waals surface area contributed by atoms with E-state index in [1.165, 1.54) is 111 Å². The van der Waals surface area contributed by atoms with Crippen LogP contribution in [0.3, 0.4) is 0 Å². The number of benzene rings is 7. The molecule has 2 aliphatic carbocycles. The van der Waals surface area contributed by atoms with Crippen molar-refractivity contribution in [1.82, 2.24) is 0 Å². The quantitative estimate of drug-likeness (QED) is 0.161. The van der Waals surface area contributed by atoms with Crippen LogP contribution in [0, 0.1) is 6.92 Å². The molecule has 0 spiro atoms. The molecule has 2 aromatic heterocycles. The largest absolute Gasteiger partial charge is 0.455 e. The molecule has 0 saturated carbocycles. The monoisotopic (exact) mass is 862 g/mol. The van der Waals surface area contributed by atoms with E-state index in [0.717, 1.165) is 28.4 Å². The van der Waals surface area contributed by atoms with Crippen molar-refractivity contribution in [1.29, 1.82) is 0 Å². The van der Waals surface area contributed by atoms with Gasteiger partial charge in [-0.2, -0.15) is 0 Å². The van der Waals surface area contributed by atoms with Gasteiger partial charge in [0.05, 0.1) is 5.69 Å². The van der Waals surface area contributed by atoms with Gasteiger partial charge >= 0.3 is 6.85 Å². The average molecular weight is 863 g/mol. The van der Waals surface area contributed by atoms with Crippen molar-refractivity contribution >= 4 is 88.9 Å². The van der Waals surface area contributed by atoms with Crippen molar-refractivity contribution in [3.63, 3.8) is 0 Å². The number of thiophene rings is 1. The number of anilines is 5. The van der Waals surface area contributed by atoms with E-state index in [-0.39, 0.29) is 28.5 Å². The summed E-state index contributed by atoms with van der Waals surface area (Å²) >= 11 is 1.96. The summed E-state index contributed by atoms with van der Waals surface area (Å²) < 4.78 is 9.94. The Balaban J connectivity index is 1.23. The maximum Gasteiger partial charge on any atom is 0.343 e. The maximum absolute atomic E-state index is 7.28. The first kappa shape index (κ1) is 39.3. The summed E-state index contributed by atoms with van der Waals surface area (Å²) in [4.78, 5) is 5.40. The minimum atomic E-state index is -0.176. The first-order valence-corrected chi connectivity index (χ1v) is 24.5. The molecule has 0 unspecified atom stereocenters. The molecule has 0 fully saturated rings. The summed E-state index contributed by atoms with van der Waals surface area (Å²) in [6, 6.07) is 49.0. The van der Waals surface area contributed by atoms with Crippen LogP contribution < -0.4 is 20.0 Å². The topological polar surface area (TPSA) is 19.6 Å². The highest BCUT2D eigenvalue weighted by Crippen LogP contribution is 2.60. The van der Waals surface area contributed by atoms with Gasteiger partial charge in [-0.3, -0.25) is 0 Å². The van der Waals surface area contributed by atoms with Gasteiger partial charge in [0.1, 0.15) is 11.2 Å². The smallest absolute Gasteiger partial charge is 0.343 e. The number of para-hydroxylation sites is 1. The molecule has 0 amide bonds. The molecule has 0 saturated heterocycles. The Kier molecular flexibility index (Phi) is 7.78. The lowest BCUT2D eigenvalue weighted by Crippen LogP contribution is -2.60. The molecule has 0 atom stereocenters. The van der Waals surface area contributed by atoms with Gasteiger partial charge in [-0.25, -0.2) is 0 Å². The third-order valence-electron chi connectivity index (χ3n) is 16.2. The van der Waals surface area contributed by atoms with Crippen LogP contribution in [0.25, 0.3) is 54.3 Å². The Labute approximate surface area is 387 Å². The predicted molar refractivity (Wildman–Crippen MR) is 279 cm³/mol. The van der Waals surface area contributed by atoms with Crippen LogP contribution in [0.1, 0.15) is 109 Å².